The predicted octanol–water partition coefficient (Wildman–Crippen LogP) is 5.69. The van der Waals surface area contributed by atoms with Gasteiger partial charge in [-0.15, -0.1) is 0 Å². The highest BCUT2D eigenvalue weighted by Crippen LogP contribution is 2.14. The Morgan fingerprint density at radius 3 is 1.39 bits per heavy atom. The minimum atomic E-state index is -5.17. The Morgan fingerprint density at radius 2 is 1.06 bits per heavy atom. The normalized spacial score (nSPS) is 12.6. The molecule has 0 aliphatic rings. The molecule has 0 rings (SSSR count). The Kier molecular flexibility index (Phi) is 25.6. The molecule has 36 heavy (non-hydrogen) atoms. The van der Waals surface area contributed by atoms with E-state index in [2.05, 4.69) is 27.7 Å². The molecule has 1 N–H and O–H groups in total. The first kappa shape index (κ1) is 37.4. The number of nitrogens with zero attached hydrogens (tertiary/aromatic N) is 1. The van der Waals surface area contributed by atoms with Crippen LogP contribution in [-0.4, -0.2) is 72.0 Å². The zero-order chi connectivity index (χ0) is 27.7. The third-order valence-corrected chi connectivity index (χ3v) is 7.03. The Hall–Kier alpha value is -0.740. The number of aliphatic hydroxyl groups excluding tert-OH is 1. The number of carbonyl (C=O) groups excluding carboxylic acids is 1. The molecule has 1 atom stereocenters. The molecular formula is C27H56NO7S-. The number of hydrogen-bond donors (Lipinski definition) is 1. The second-order valence-electron chi connectivity index (χ2n) is 9.92. The van der Waals surface area contributed by atoms with Crippen molar-refractivity contribution < 1.29 is 36.6 Å². The van der Waals surface area contributed by atoms with E-state index in [0.29, 0.717) is 13.0 Å². The van der Waals surface area contributed by atoms with Crippen LogP contribution in [0.4, 0.5) is 0 Å². The van der Waals surface area contributed by atoms with Crippen molar-refractivity contribution in [3.8, 4) is 0 Å². The Balaban J connectivity index is 0. The van der Waals surface area contributed by atoms with Crippen molar-refractivity contribution in [3.05, 3.63) is 0 Å². The number of hydrogen-bond acceptors (Lipinski definition) is 7. The number of unbranched alkanes of at least 4 members (excludes halogenated alkanes) is 14. The fourth-order valence-corrected chi connectivity index (χ4v) is 4.46. The van der Waals surface area contributed by atoms with Crippen molar-refractivity contribution in [2.75, 3.05) is 32.8 Å². The predicted molar refractivity (Wildman–Crippen MR) is 144 cm³/mol. The van der Waals surface area contributed by atoms with Gasteiger partial charge in [0.2, 0.25) is 0 Å². The molecule has 0 saturated heterocycles. The van der Waals surface area contributed by atoms with Gasteiger partial charge in [0.25, 0.3) is 0 Å². The van der Waals surface area contributed by atoms with Crippen LogP contribution in [0, 0.1) is 0 Å². The van der Waals surface area contributed by atoms with Gasteiger partial charge >= 0.3 is 5.97 Å². The molecule has 0 aromatic heterocycles. The largest absolute Gasteiger partial charge is 0.759 e. The number of esters is 1. The van der Waals surface area contributed by atoms with Crippen molar-refractivity contribution in [1.29, 1.82) is 0 Å². The Bertz CT molecular complexity index is 579. The van der Waals surface area contributed by atoms with Gasteiger partial charge in [0.15, 0.2) is 0 Å². The number of quaternary nitrogens is 1. The monoisotopic (exact) mass is 538 g/mol. The second-order valence-corrected chi connectivity index (χ2v) is 10.7. The Morgan fingerprint density at radius 1 is 0.722 bits per heavy atom. The standard InChI is InChI=1S/C27H56NO3.H2O4S/c1-5-9-10-11-12-13-14-15-16-17-18-19-20-21-22-23-27(30)31-25-26(29)24-28(6-2,7-3)8-4;1-5(2,3)4/h26,29H,5-25H2,1-4H3;(H2,1,2,3,4)/q+1;/p-2. The van der Waals surface area contributed by atoms with E-state index in [1.54, 1.807) is 0 Å². The van der Waals surface area contributed by atoms with Crippen LogP contribution < -0.4 is 0 Å². The Labute approximate surface area is 222 Å². The van der Waals surface area contributed by atoms with Crippen molar-refractivity contribution in [1.82, 2.24) is 0 Å². The number of likely N-dealkylation sites (N-methyl/N-ethyl adjacent to an activating group) is 1. The fourth-order valence-electron chi connectivity index (χ4n) is 4.46. The van der Waals surface area contributed by atoms with Crippen LogP contribution in [0.3, 0.4) is 0 Å². The highest BCUT2D eigenvalue weighted by atomic mass is 32.3. The summed E-state index contributed by atoms with van der Waals surface area (Å²) in [5.74, 6) is -0.156. The summed E-state index contributed by atoms with van der Waals surface area (Å²) in [6.45, 7) is 12.5. The van der Waals surface area contributed by atoms with E-state index in [0.717, 1.165) is 37.0 Å². The maximum absolute atomic E-state index is 11.9. The molecule has 0 aromatic carbocycles. The molecule has 1 unspecified atom stereocenters. The number of ether oxygens (including phenoxy) is 1. The molecule has 0 amide bonds. The quantitative estimate of drug-likeness (QED) is 0.0582. The van der Waals surface area contributed by atoms with Gasteiger partial charge in [0.05, 0.1) is 19.6 Å². The SMILES string of the molecule is CCCCCCCCCCCCCCCCCC(=O)OCC(O)C[N+](CC)(CC)CC.O=S(=O)([O-])[O-]. The lowest BCUT2D eigenvalue weighted by Crippen LogP contribution is -2.52. The van der Waals surface area contributed by atoms with E-state index in [9.17, 15) is 9.90 Å². The number of rotatable bonds is 23. The van der Waals surface area contributed by atoms with E-state index >= 15 is 0 Å². The maximum atomic E-state index is 11.9. The summed E-state index contributed by atoms with van der Waals surface area (Å²) in [6.07, 6.45) is 19.8. The molecule has 9 heteroatoms. The van der Waals surface area contributed by atoms with Gasteiger partial charge in [-0.05, 0) is 27.2 Å². The van der Waals surface area contributed by atoms with Crippen molar-refractivity contribution in [2.45, 2.75) is 137 Å². The van der Waals surface area contributed by atoms with E-state index < -0.39 is 16.5 Å². The van der Waals surface area contributed by atoms with E-state index in [4.69, 9.17) is 22.3 Å². The summed E-state index contributed by atoms with van der Waals surface area (Å²) in [5.41, 5.74) is 0. The molecule has 218 valence electrons. The van der Waals surface area contributed by atoms with Crippen LogP contribution >= 0.6 is 0 Å². The van der Waals surface area contributed by atoms with Crippen LogP contribution in [0.25, 0.3) is 0 Å². The summed E-state index contributed by atoms with van der Waals surface area (Å²) in [4.78, 5) is 11.9. The summed E-state index contributed by atoms with van der Waals surface area (Å²) in [6, 6.07) is 0. The molecule has 0 aliphatic heterocycles. The summed E-state index contributed by atoms with van der Waals surface area (Å²) < 4.78 is 40.3. The van der Waals surface area contributed by atoms with Gasteiger partial charge in [-0.25, -0.2) is 0 Å². The molecule has 0 fully saturated rings. The van der Waals surface area contributed by atoms with Gasteiger partial charge in [-0.3, -0.25) is 13.2 Å². The third-order valence-electron chi connectivity index (χ3n) is 7.03. The summed E-state index contributed by atoms with van der Waals surface area (Å²) in [5, 5.41) is 10.2. The average Bonchev–Trinajstić information content (AvgIpc) is 2.82. The zero-order valence-electron chi connectivity index (χ0n) is 23.7. The minimum Gasteiger partial charge on any atom is -0.759 e. The first-order valence-electron chi connectivity index (χ1n) is 14.4. The lowest BCUT2D eigenvalue weighted by molar-refractivity contribution is -0.926. The first-order chi connectivity index (χ1) is 17.0. The topological polar surface area (TPSA) is 127 Å². The smallest absolute Gasteiger partial charge is 0.305 e. The van der Waals surface area contributed by atoms with Gasteiger partial charge in [0, 0.05) is 16.8 Å². The van der Waals surface area contributed by atoms with Crippen LogP contribution in [0.5, 0.6) is 0 Å². The molecule has 0 heterocycles. The van der Waals surface area contributed by atoms with Crippen molar-refractivity contribution >= 4 is 16.4 Å². The molecular weight excluding hydrogens is 482 g/mol. The van der Waals surface area contributed by atoms with E-state index in [1.165, 1.54) is 83.5 Å². The van der Waals surface area contributed by atoms with Crippen LogP contribution in [-0.2, 0) is 19.9 Å². The molecule has 0 aromatic rings. The molecule has 0 radical (unpaired) electrons. The van der Waals surface area contributed by atoms with Gasteiger partial charge in [-0.2, -0.15) is 0 Å². The zero-order valence-corrected chi connectivity index (χ0v) is 24.5. The van der Waals surface area contributed by atoms with Crippen molar-refractivity contribution in [2.24, 2.45) is 0 Å². The molecule has 0 spiro atoms. The minimum absolute atomic E-state index is 0.136. The highest BCUT2D eigenvalue weighted by molar-refractivity contribution is 7.79. The summed E-state index contributed by atoms with van der Waals surface area (Å²) in [7, 11) is -5.17. The number of aliphatic hydroxyl groups is 1. The van der Waals surface area contributed by atoms with E-state index in [-0.39, 0.29) is 12.6 Å². The molecule has 8 nitrogen and oxygen atoms in total. The lowest BCUT2D eigenvalue weighted by Gasteiger charge is -2.37. The van der Waals surface area contributed by atoms with Gasteiger partial charge < -0.3 is 23.4 Å². The maximum Gasteiger partial charge on any atom is 0.305 e. The molecule has 0 bridgehead atoms. The first-order valence-corrected chi connectivity index (χ1v) is 15.7. The van der Waals surface area contributed by atoms with Crippen molar-refractivity contribution in [3.63, 3.8) is 0 Å². The number of carbonyl (C=O) groups is 1. The van der Waals surface area contributed by atoms with E-state index in [1.807, 2.05) is 0 Å². The fraction of sp³-hybridized carbons (Fsp3) is 0.963. The molecule has 0 aliphatic carbocycles. The van der Waals surface area contributed by atoms with Crippen LogP contribution in [0.15, 0.2) is 0 Å². The lowest BCUT2D eigenvalue weighted by atomic mass is 10.0. The third kappa shape index (κ3) is 27.8. The van der Waals surface area contributed by atoms with Gasteiger partial charge in [-0.1, -0.05) is 96.8 Å². The van der Waals surface area contributed by atoms with Crippen LogP contribution in [0.2, 0.25) is 0 Å². The average molecular weight is 539 g/mol. The second kappa shape index (κ2) is 24.6. The molecule has 0 saturated carbocycles. The highest BCUT2D eigenvalue weighted by Gasteiger charge is 2.25. The summed E-state index contributed by atoms with van der Waals surface area (Å²) >= 11 is 0. The van der Waals surface area contributed by atoms with Gasteiger partial charge in [0.1, 0.15) is 19.3 Å². The van der Waals surface area contributed by atoms with Crippen LogP contribution in [0.1, 0.15) is 130 Å².